The first-order valence-corrected chi connectivity index (χ1v) is 12.6. The first kappa shape index (κ1) is 24.5. The second-order valence-corrected chi connectivity index (χ2v) is 9.89. The Balaban J connectivity index is 1.51. The van der Waals surface area contributed by atoms with E-state index in [1.54, 1.807) is 24.8 Å². The number of hydrogen-bond acceptors (Lipinski definition) is 9. The molecule has 5 rings (SSSR count). The van der Waals surface area contributed by atoms with E-state index in [9.17, 15) is 9.59 Å². The molecule has 37 heavy (non-hydrogen) atoms. The SMILES string of the molecule is COc1cc2c(cc1Nc1nc(Nc3ccsc3C(N)=O)c3cc[nH]c3n1)N(C(=O)[C@H](C)N(C)C)CC2. The lowest BCUT2D eigenvalue weighted by Gasteiger charge is -2.26. The van der Waals surface area contributed by atoms with Crippen LogP contribution in [0.25, 0.3) is 11.0 Å². The van der Waals surface area contributed by atoms with E-state index in [2.05, 4.69) is 25.6 Å². The fraction of sp³-hybridized carbons (Fsp3) is 0.280. The van der Waals surface area contributed by atoms with E-state index in [4.69, 9.17) is 10.5 Å². The van der Waals surface area contributed by atoms with Gasteiger partial charge in [-0.1, -0.05) is 0 Å². The van der Waals surface area contributed by atoms with Gasteiger partial charge < -0.3 is 31.0 Å². The number of H-pyrrole nitrogens is 1. The molecule has 0 radical (unpaired) electrons. The van der Waals surface area contributed by atoms with Crippen molar-refractivity contribution in [3.8, 4) is 5.75 Å². The molecule has 5 N–H and O–H groups in total. The van der Waals surface area contributed by atoms with Crippen molar-refractivity contribution in [2.24, 2.45) is 5.73 Å². The fourth-order valence-electron chi connectivity index (χ4n) is 4.30. The first-order valence-electron chi connectivity index (χ1n) is 11.7. The number of primary amides is 1. The summed E-state index contributed by atoms with van der Waals surface area (Å²) in [6.45, 7) is 2.51. The lowest BCUT2D eigenvalue weighted by atomic mass is 10.1. The molecular weight excluding hydrogens is 492 g/mol. The Hall–Kier alpha value is -4.16. The van der Waals surface area contributed by atoms with Crippen LogP contribution in [0, 0.1) is 0 Å². The van der Waals surface area contributed by atoms with Crippen LogP contribution in [-0.2, 0) is 11.2 Å². The number of fused-ring (bicyclic) bond motifs is 2. The molecular formula is C25H28N8O3S. The smallest absolute Gasteiger partial charge is 0.260 e. The quantitative estimate of drug-likeness (QED) is 0.277. The molecule has 12 heteroatoms. The topological polar surface area (TPSA) is 142 Å². The van der Waals surface area contributed by atoms with Gasteiger partial charge >= 0.3 is 0 Å². The lowest BCUT2D eigenvalue weighted by Crippen LogP contribution is -2.43. The maximum atomic E-state index is 13.1. The van der Waals surface area contributed by atoms with Crippen LogP contribution < -0.4 is 26.0 Å². The summed E-state index contributed by atoms with van der Waals surface area (Å²) in [7, 11) is 5.38. The van der Waals surface area contributed by atoms with Crippen LogP contribution >= 0.6 is 11.3 Å². The summed E-state index contributed by atoms with van der Waals surface area (Å²) >= 11 is 1.26. The number of hydrogen-bond donors (Lipinski definition) is 4. The number of carbonyl (C=O) groups is 2. The molecule has 0 saturated heterocycles. The van der Waals surface area contributed by atoms with Gasteiger partial charge in [0.2, 0.25) is 11.9 Å². The number of thiophene rings is 1. The van der Waals surface area contributed by atoms with Gasteiger partial charge in [0.1, 0.15) is 22.1 Å². The van der Waals surface area contributed by atoms with Crippen molar-refractivity contribution in [2.75, 3.05) is 43.3 Å². The van der Waals surface area contributed by atoms with Crippen molar-refractivity contribution >= 4 is 63.0 Å². The predicted molar refractivity (Wildman–Crippen MR) is 145 cm³/mol. The highest BCUT2D eigenvalue weighted by molar-refractivity contribution is 7.12. The van der Waals surface area contributed by atoms with Gasteiger partial charge in [-0.2, -0.15) is 9.97 Å². The summed E-state index contributed by atoms with van der Waals surface area (Å²) in [5.41, 5.74) is 9.20. The minimum Gasteiger partial charge on any atom is -0.495 e. The van der Waals surface area contributed by atoms with Crippen LogP contribution in [0.1, 0.15) is 22.2 Å². The van der Waals surface area contributed by atoms with Gasteiger partial charge in [-0.15, -0.1) is 11.3 Å². The summed E-state index contributed by atoms with van der Waals surface area (Å²) in [6, 6.07) is 7.23. The molecule has 0 fully saturated rings. The van der Waals surface area contributed by atoms with Gasteiger partial charge in [-0.25, -0.2) is 0 Å². The Morgan fingerprint density at radius 3 is 2.76 bits per heavy atom. The van der Waals surface area contributed by atoms with E-state index in [-0.39, 0.29) is 11.9 Å². The van der Waals surface area contributed by atoms with Crippen molar-refractivity contribution in [3.05, 3.63) is 46.3 Å². The summed E-state index contributed by atoms with van der Waals surface area (Å²) in [4.78, 5) is 41.4. The molecule has 1 atom stereocenters. The maximum Gasteiger partial charge on any atom is 0.260 e. The molecule has 0 bridgehead atoms. The number of benzene rings is 1. The number of nitrogens with one attached hydrogen (secondary N) is 3. The zero-order chi connectivity index (χ0) is 26.3. The van der Waals surface area contributed by atoms with Crippen LogP contribution in [0.3, 0.4) is 0 Å². The number of rotatable bonds is 8. The predicted octanol–water partition coefficient (Wildman–Crippen LogP) is 3.45. The Labute approximate surface area is 217 Å². The van der Waals surface area contributed by atoms with E-state index in [1.807, 2.05) is 49.0 Å². The molecule has 0 spiro atoms. The number of methoxy groups -OCH3 is 1. The van der Waals surface area contributed by atoms with Gasteiger partial charge in [0, 0.05) is 18.4 Å². The Morgan fingerprint density at radius 1 is 1.22 bits per heavy atom. The van der Waals surface area contributed by atoms with Gasteiger partial charge in [-0.3, -0.25) is 14.5 Å². The van der Waals surface area contributed by atoms with Crippen LogP contribution in [-0.4, -0.2) is 65.5 Å². The molecule has 3 aromatic heterocycles. The third kappa shape index (κ3) is 4.56. The molecule has 1 aromatic carbocycles. The molecule has 1 aliphatic heterocycles. The minimum absolute atomic E-state index is 0.0384. The number of likely N-dealkylation sites (N-methyl/N-ethyl adjacent to an activating group) is 1. The van der Waals surface area contributed by atoms with Gasteiger partial charge in [0.05, 0.1) is 29.9 Å². The number of ether oxygens (including phenoxy) is 1. The van der Waals surface area contributed by atoms with Crippen molar-refractivity contribution in [1.82, 2.24) is 19.9 Å². The Morgan fingerprint density at radius 2 is 2.03 bits per heavy atom. The van der Waals surface area contributed by atoms with Crippen molar-refractivity contribution in [1.29, 1.82) is 0 Å². The van der Waals surface area contributed by atoms with Crippen molar-refractivity contribution in [3.63, 3.8) is 0 Å². The molecule has 2 amide bonds. The molecule has 192 valence electrons. The van der Waals surface area contributed by atoms with Gasteiger partial charge in [0.15, 0.2) is 0 Å². The minimum atomic E-state index is -0.513. The monoisotopic (exact) mass is 520 g/mol. The Bertz CT molecular complexity index is 1490. The molecule has 1 aliphatic rings. The third-order valence-corrected chi connectivity index (χ3v) is 7.43. The average molecular weight is 521 g/mol. The van der Waals surface area contributed by atoms with Crippen LogP contribution in [0.5, 0.6) is 5.75 Å². The first-order chi connectivity index (χ1) is 17.8. The second-order valence-electron chi connectivity index (χ2n) is 8.97. The van der Waals surface area contributed by atoms with E-state index in [1.165, 1.54) is 11.3 Å². The second kappa shape index (κ2) is 9.71. The van der Waals surface area contributed by atoms with Crippen LogP contribution in [0.15, 0.2) is 35.8 Å². The summed E-state index contributed by atoms with van der Waals surface area (Å²) in [5.74, 6) is 0.958. The lowest BCUT2D eigenvalue weighted by molar-refractivity contribution is -0.122. The zero-order valence-electron chi connectivity index (χ0n) is 21.0. The van der Waals surface area contributed by atoms with E-state index >= 15 is 0 Å². The van der Waals surface area contributed by atoms with E-state index in [0.29, 0.717) is 46.0 Å². The zero-order valence-corrected chi connectivity index (χ0v) is 21.8. The van der Waals surface area contributed by atoms with Gasteiger partial charge in [0.25, 0.3) is 5.91 Å². The highest BCUT2D eigenvalue weighted by Gasteiger charge is 2.30. The maximum absolute atomic E-state index is 13.1. The standard InChI is InChI=1S/C25H28N8O3S/c1-13(32(2)3)24(35)33-9-6-14-11-19(36-4)17(12-18(14)33)29-25-30-22-15(5-8-27-22)23(31-25)28-16-7-10-37-20(16)21(26)34/h5,7-8,10-13H,6,9H2,1-4H3,(H2,26,34)(H3,27,28,29,30,31)/t13-/m0/s1. The number of aromatic amines is 1. The number of aromatic nitrogens is 3. The number of amides is 2. The number of nitrogens with zero attached hydrogens (tertiary/aromatic N) is 4. The van der Waals surface area contributed by atoms with Crippen LogP contribution in [0.2, 0.25) is 0 Å². The molecule has 0 aliphatic carbocycles. The molecule has 4 heterocycles. The Kier molecular flexibility index (Phi) is 6.44. The highest BCUT2D eigenvalue weighted by Crippen LogP contribution is 2.39. The summed E-state index contributed by atoms with van der Waals surface area (Å²) in [5, 5.41) is 9.01. The van der Waals surface area contributed by atoms with E-state index < -0.39 is 5.91 Å². The van der Waals surface area contributed by atoms with E-state index in [0.717, 1.165) is 23.1 Å². The summed E-state index contributed by atoms with van der Waals surface area (Å²) in [6.07, 6.45) is 2.52. The normalized spacial score (nSPS) is 13.6. The van der Waals surface area contributed by atoms with Crippen LogP contribution in [0.4, 0.5) is 28.8 Å². The van der Waals surface area contributed by atoms with Crippen molar-refractivity contribution in [2.45, 2.75) is 19.4 Å². The molecule has 0 unspecified atom stereocenters. The fourth-order valence-corrected chi connectivity index (χ4v) is 5.00. The number of nitrogens with two attached hydrogens (primary N) is 1. The molecule has 11 nitrogen and oxygen atoms in total. The molecule has 4 aromatic rings. The average Bonchev–Trinajstić information content (AvgIpc) is 3.62. The third-order valence-electron chi connectivity index (χ3n) is 6.50. The van der Waals surface area contributed by atoms with Gasteiger partial charge in [-0.05, 0) is 62.6 Å². The highest BCUT2D eigenvalue weighted by atomic mass is 32.1. The molecule has 0 saturated carbocycles. The van der Waals surface area contributed by atoms with Crippen molar-refractivity contribution < 1.29 is 14.3 Å². The number of carbonyl (C=O) groups excluding carboxylic acids is 2. The summed E-state index contributed by atoms with van der Waals surface area (Å²) < 4.78 is 5.65. The number of anilines is 5. The largest absolute Gasteiger partial charge is 0.495 e.